The van der Waals surface area contributed by atoms with Gasteiger partial charge < -0.3 is 0 Å². The fourth-order valence-corrected chi connectivity index (χ4v) is 4.84. The van der Waals surface area contributed by atoms with Gasteiger partial charge in [0, 0.05) is 0 Å². The van der Waals surface area contributed by atoms with Crippen LogP contribution >= 0.6 is 22.2 Å². The summed E-state index contributed by atoms with van der Waals surface area (Å²) in [4.78, 5) is 2.15. The van der Waals surface area contributed by atoms with Gasteiger partial charge in [0.05, 0.1) is 0 Å². The number of hydrogen-bond acceptors (Lipinski definition) is 1. The van der Waals surface area contributed by atoms with Gasteiger partial charge in [-0.25, -0.2) is 0 Å². The summed E-state index contributed by atoms with van der Waals surface area (Å²) in [5.41, 5.74) is 1.18. The predicted molar refractivity (Wildman–Crippen MR) is 48.9 cm³/mol. The summed E-state index contributed by atoms with van der Waals surface area (Å²) in [6.07, 6.45) is 0. The molecule has 0 radical (unpaired) electrons. The fourth-order valence-electron chi connectivity index (χ4n) is 1.26. The molecule has 0 unspecified atom stereocenters. The number of nitrogens with zero attached hydrogens (tertiary/aromatic N) is 2. The van der Waals surface area contributed by atoms with Gasteiger partial charge in [-0.2, -0.15) is 0 Å². The normalized spacial score (nSPS) is 20.4. The van der Waals surface area contributed by atoms with Crippen LogP contribution < -0.4 is 0 Å². The molecule has 0 spiro atoms. The van der Waals surface area contributed by atoms with Crippen molar-refractivity contribution in [3.63, 3.8) is 0 Å². The van der Waals surface area contributed by atoms with Crippen LogP contribution in [0.5, 0.6) is 0 Å². The molecule has 1 rings (SSSR count). The molecular formula is C5H12Cl2N2Si. The van der Waals surface area contributed by atoms with Crippen LogP contribution in [0.4, 0.5) is 0 Å². The van der Waals surface area contributed by atoms with Crippen molar-refractivity contribution in [2.45, 2.75) is 0 Å². The van der Waals surface area contributed by atoms with Crippen molar-refractivity contribution < 1.29 is 4.58 Å². The number of hydrogen-bond donors (Lipinski definition) is 0. The summed E-state index contributed by atoms with van der Waals surface area (Å²) in [6.45, 7) is 2.12. The van der Waals surface area contributed by atoms with Gasteiger partial charge in [0.15, 0.2) is 0 Å². The topological polar surface area (TPSA) is 6.25 Å². The fraction of sp³-hybridized carbons (Fsp3) is 0.800. The summed E-state index contributed by atoms with van der Waals surface area (Å²) < 4.78 is 2.15. The quantitative estimate of drug-likeness (QED) is 0.326. The number of rotatable bonds is 1. The van der Waals surface area contributed by atoms with Crippen LogP contribution in [0, 0.1) is 0 Å². The first-order valence-corrected chi connectivity index (χ1v) is 8.35. The second-order valence-electron chi connectivity index (χ2n) is 2.63. The van der Waals surface area contributed by atoms with E-state index in [9.17, 15) is 0 Å². The first kappa shape index (κ1) is 8.36. The molecule has 0 amide bonds. The van der Waals surface area contributed by atoms with E-state index < -0.39 is 7.42 Å². The summed E-state index contributed by atoms with van der Waals surface area (Å²) in [6, 6.07) is 0. The van der Waals surface area contributed by atoms with E-state index in [0.717, 1.165) is 13.1 Å². The first-order valence-electron chi connectivity index (χ1n) is 3.36. The van der Waals surface area contributed by atoms with E-state index in [1.807, 2.05) is 14.1 Å². The minimum absolute atomic E-state index is 1.06. The van der Waals surface area contributed by atoms with Crippen molar-refractivity contribution in [3.05, 3.63) is 0 Å². The minimum atomic E-state index is -1.95. The zero-order valence-corrected chi connectivity index (χ0v) is 9.20. The Morgan fingerprint density at radius 2 is 2.20 bits per heavy atom. The van der Waals surface area contributed by atoms with Crippen LogP contribution in [-0.2, 0) is 0 Å². The molecule has 0 fully saturated rings. The molecule has 0 aromatic rings. The molecule has 0 aliphatic carbocycles. The Morgan fingerprint density at radius 3 is 2.40 bits per heavy atom. The molecule has 0 aromatic carbocycles. The van der Waals surface area contributed by atoms with E-state index >= 15 is 0 Å². The Bertz CT molecular complexity index is 169. The van der Waals surface area contributed by atoms with Crippen molar-refractivity contribution in [1.82, 2.24) is 4.90 Å². The summed E-state index contributed by atoms with van der Waals surface area (Å²) in [5, 5.41) is 0. The van der Waals surface area contributed by atoms with Gasteiger partial charge in [0.25, 0.3) is 0 Å². The van der Waals surface area contributed by atoms with Crippen molar-refractivity contribution in [2.24, 2.45) is 0 Å². The Balaban J connectivity index is 2.78. The molecular weight excluding hydrogens is 187 g/mol. The van der Waals surface area contributed by atoms with Crippen molar-refractivity contribution >= 4 is 35.0 Å². The van der Waals surface area contributed by atoms with E-state index in [4.69, 9.17) is 22.2 Å². The van der Waals surface area contributed by atoms with E-state index in [1.165, 1.54) is 5.46 Å². The average molecular weight is 199 g/mol. The van der Waals surface area contributed by atoms with Crippen LogP contribution in [0.2, 0.25) is 0 Å². The number of likely N-dealkylation sites (N-methyl/N-ethyl adjacent to an activating group) is 2. The molecule has 10 heavy (non-hydrogen) atoms. The predicted octanol–water partition coefficient (Wildman–Crippen LogP) is -0.0578. The zero-order chi connectivity index (χ0) is 7.72. The maximum atomic E-state index is 5.89. The molecule has 0 saturated heterocycles. The van der Waals surface area contributed by atoms with Crippen LogP contribution in [0.25, 0.3) is 0 Å². The van der Waals surface area contributed by atoms with Gasteiger partial charge in [0.1, 0.15) is 0 Å². The summed E-state index contributed by atoms with van der Waals surface area (Å²) in [7, 11) is 2.13. The second kappa shape index (κ2) is 3.11. The third kappa shape index (κ3) is 1.46. The molecule has 0 saturated carbocycles. The standard InChI is InChI=1S/C5H12Cl2N2Si/c1-8-3-4-9(2)5(8)10(6)7/h3-4,10H2,1-2H3. The third-order valence-electron chi connectivity index (χ3n) is 1.89. The zero-order valence-electron chi connectivity index (χ0n) is 6.27. The van der Waals surface area contributed by atoms with Crippen molar-refractivity contribution in [1.29, 1.82) is 0 Å². The third-order valence-corrected chi connectivity index (χ3v) is 4.88. The molecule has 1 aliphatic heterocycles. The van der Waals surface area contributed by atoms with Crippen LogP contribution in [-0.4, -0.2) is 49.5 Å². The van der Waals surface area contributed by atoms with Crippen molar-refractivity contribution in [2.75, 3.05) is 27.2 Å². The summed E-state index contributed by atoms with van der Waals surface area (Å²) in [5.74, 6) is 0. The molecule has 2 nitrogen and oxygen atoms in total. The van der Waals surface area contributed by atoms with Gasteiger partial charge in [-0.1, -0.05) is 0 Å². The number of halogens is 2. The molecule has 5 heteroatoms. The second-order valence-corrected chi connectivity index (χ2v) is 8.02. The van der Waals surface area contributed by atoms with Crippen LogP contribution in [0.3, 0.4) is 0 Å². The van der Waals surface area contributed by atoms with Crippen molar-refractivity contribution in [3.8, 4) is 0 Å². The van der Waals surface area contributed by atoms with Gasteiger partial charge in [-0.3, -0.25) is 0 Å². The Labute approximate surface area is 72.1 Å². The van der Waals surface area contributed by atoms with Gasteiger partial charge in [0.2, 0.25) is 0 Å². The first-order chi connectivity index (χ1) is 4.63. The van der Waals surface area contributed by atoms with E-state index in [0.29, 0.717) is 0 Å². The van der Waals surface area contributed by atoms with Crippen LogP contribution in [0.15, 0.2) is 0 Å². The number of amidine groups is 1. The molecule has 0 atom stereocenters. The van der Waals surface area contributed by atoms with Gasteiger partial charge in [-0.15, -0.1) is 0 Å². The molecule has 1 aliphatic rings. The van der Waals surface area contributed by atoms with E-state index in [-0.39, 0.29) is 0 Å². The SMILES string of the molecule is CN1CC[N+](C)=C1[SiH2-](Cl)Cl. The van der Waals surface area contributed by atoms with E-state index in [1.54, 1.807) is 0 Å². The Hall–Kier alpha value is 0.267. The van der Waals surface area contributed by atoms with E-state index in [2.05, 4.69) is 9.48 Å². The molecule has 0 N–H and O–H groups in total. The Morgan fingerprint density at radius 1 is 1.60 bits per heavy atom. The Kier molecular flexibility index (Phi) is 2.60. The molecule has 60 valence electrons. The molecule has 0 bridgehead atoms. The maximum absolute atomic E-state index is 5.89. The van der Waals surface area contributed by atoms with Gasteiger partial charge >= 0.3 is 71.7 Å². The monoisotopic (exact) mass is 198 g/mol. The molecule has 1 heterocycles. The average Bonchev–Trinajstić information content (AvgIpc) is 2.11. The van der Waals surface area contributed by atoms with Gasteiger partial charge in [-0.05, 0) is 0 Å². The molecule has 0 aromatic heterocycles. The van der Waals surface area contributed by atoms with Crippen LogP contribution in [0.1, 0.15) is 0 Å². The summed E-state index contributed by atoms with van der Waals surface area (Å²) >= 11 is 11.8.